The second-order valence-corrected chi connectivity index (χ2v) is 13.7. The average molecular weight is 723 g/mol. The first-order valence-corrected chi connectivity index (χ1v) is 17.9. The van der Waals surface area contributed by atoms with Crippen LogP contribution in [0, 0.1) is 120 Å². The maximum Gasteiger partial charge on any atom is 0.142 e. The molecule has 0 saturated carbocycles. The van der Waals surface area contributed by atoms with Gasteiger partial charge in [0.05, 0.1) is 11.1 Å². The van der Waals surface area contributed by atoms with E-state index in [9.17, 15) is 13.2 Å². The molecular weight excluding hydrogens is 682 g/mol. The Labute approximate surface area is 324 Å². The first-order chi connectivity index (χ1) is 26.2. The second-order valence-electron chi connectivity index (χ2n) is 13.7. The molecule has 0 atom stereocenters. The van der Waals surface area contributed by atoms with Crippen molar-refractivity contribution in [3.63, 3.8) is 0 Å². The molecule has 0 aromatic heterocycles. The summed E-state index contributed by atoms with van der Waals surface area (Å²) < 4.78 is 42.1. The molecule has 0 aliphatic heterocycles. The number of benzene rings is 6. The molecule has 6 rings (SSSR count). The maximum absolute atomic E-state index is 14.4. The van der Waals surface area contributed by atoms with Crippen LogP contribution in [-0.2, 0) is 0 Å². The lowest BCUT2D eigenvalue weighted by molar-refractivity contribution is 0.575. The van der Waals surface area contributed by atoms with E-state index >= 15 is 0 Å². The molecule has 6 aromatic carbocycles. The SMILES string of the molecule is Cc1cc(F)c(C#Cc2ccc(C#Cc3cc(C)c(C)cc3C)cc2)c(F)c1.Cc1ccc(C#Cc2ccc(C#Cc3cc(C)c(C)cc3C)c(F)c2)cc1. The zero-order chi connectivity index (χ0) is 39.6. The highest BCUT2D eigenvalue weighted by Gasteiger charge is 2.07. The Balaban J connectivity index is 0.000000211. The van der Waals surface area contributed by atoms with E-state index in [-0.39, 0.29) is 11.4 Å². The predicted molar refractivity (Wildman–Crippen MR) is 220 cm³/mol. The highest BCUT2D eigenvalue weighted by molar-refractivity contribution is 5.53. The van der Waals surface area contributed by atoms with Crippen LogP contribution in [0.15, 0.2) is 103 Å². The van der Waals surface area contributed by atoms with Crippen molar-refractivity contribution in [1.82, 2.24) is 0 Å². The molecule has 0 unspecified atom stereocenters. The topological polar surface area (TPSA) is 0 Å². The summed E-state index contributed by atoms with van der Waals surface area (Å²) in [6, 6.07) is 31.2. The molecule has 0 heterocycles. The minimum atomic E-state index is -0.642. The van der Waals surface area contributed by atoms with Crippen LogP contribution in [-0.4, -0.2) is 0 Å². The van der Waals surface area contributed by atoms with Crippen molar-refractivity contribution >= 4 is 0 Å². The fraction of sp³-hybridized carbons (Fsp3) is 0.154. The summed E-state index contributed by atoms with van der Waals surface area (Å²) in [7, 11) is 0. The number of aryl methyl sites for hydroxylation is 8. The van der Waals surface area contributed by atoms with Crippen LogP contribution < -0.4 is 0 Å². The van der Waals surface area contributed by atoms with Gasteiger partial charge in [0.25, 0.3) is 0 Å². The fourth-order valence-corrected chi connectivity index (χ4v) is 5.53. The first kappa shape index (κ1) is 39.6. The van der Waals surface area contributed by atoms with Crippen molar-refractivity contribution in [2.75, 3.05) is 0 Å². The van der Waals surface area contributed by atoms with Crippen molar-refractivity contribution in [2.45, 2.75) is 55.4 Å². The quantitative estimate of drug-likeness (QED) is 0.137. The smallest absolute Gasteiger partial charge is 0.142 e. The van der Waals surface area contributed by atoms with E-state index in [2.05, 4.69) is 106 Å². The third kappa shape index (κ3) is 10.9. The van der Waals surface area contributed by atoms with Gasteiger partial charge in [0, 0.05) is 33.4 Å². The van der Waals surface area contributed by atoms with Crippen LogP contribution in [0.1, 0.15) is 89.0 Å². The van der Waals surface area contributed by atoms with Crippen molar-refractivity contribution < 1.29 is 13.2 Å². The second kappa shape index (κ2) is 17.9. The first-order valence-electron chi connectivity index (χ1n) is 17.9. The van der Waals surface area contributed by atoms with Gasteiger partial charge in [-0.3, -0.25) is 0 Å². The summed E-state index contributed by atoms with van der Waals surface area (Å²) in [5.74, 6) is 22.2. The van der Waals surface area contributed by atoms with Crippen LogP contribution in [0.4, 0.5) is 13.2 Å². The molecule has 0 radical (unpaired) electrons. The van der Waals surface area contributed by atoms with Gasteiger partial charge < -0.3 is 0 Å². The van der Waals surface area contributed by atoms with Gasteiger partial charge >= 0.3 is 0 Å². The van der Waals surface area contributed by atoms with Crippen LogP contribution >= 0.6 is 0 Å². The third-order valence-corrected chi connectivity index (χ3v) is 9.13. The Bertz CT molecular complexity index is 2620. The van der Waals surface area contributed by atoms with Gasteiger partial charge in [0.15, 0.2) is 0 Å². The standard InChI is InChI=1S/C26H20F2.C26H21F/c1-17-13-25(27)24(26(28)14-17)12-10-22-7-5-21(6-8-22)9-11-23-16-19(3)18(2)15-20(23)4;1-18-5-7-22(8-6-18)9-10-23-11-12-24(26(27)17-23)13-14-25-16-20(3)19(2)15-21(25)4/h5-8,13-16H,1-4H3;5-8,11-12,15-17H,1-4H3. The van der Waals surface area contributed by atoms with Gasteiger partial charge in [0.2, 0.25) is 0 Å². The largest absolute Gasteiger partial charge is 0.206 e. The lowest BCUT2D eigenvalue weighted by atomic mass is 10.0. The van der Waals surface area contributed by atoms with Crippen molar-refractivity contribution in [3.8, 4) is 47.4 Å². The van der Waals surface area contributed by atoms with Gasteiger partial charge in [-0.05, 0) is 173 Å². The molecule has 0 bridgehead atoms. The summed E-state index contributed by atoms with van der Waals surface area (Å²) in [4.78, 5) is 0. The molecule has 0 spiro atoms. The minimum Gasteiger partial charge on any atom is -0.206 e. The summed E-state index contributed by atoms with van der Waals surface area (Å²) in [6.45, 7) is 16.1. The van der Waals surface area contributed by atoms with E-state index in [1.54, 1.807) is 25.1 Å². The van der Waals surface area contributed by atoms with Gasteiger partial charge in [-0.15, -0.1) is 0 Å². The molecule has 270 valence electrons. The van der Waals surface area contributed by atoms with E-state index in [1.165, 1.54) is 46.0 Å². The zero-order valence-electron chi connectivity index (χ0n) is 32.4. The van der Waals surface area contributed by atoms with E-state index in [0.717, 1.165) is 33.4 Å². The summed E-state index contributed by atoms with van der Waals surface area (Å²) in [5, 5.41) is 0. The molecule has 0 aliphatic rings. The van der Waals surface area contributed by atoms with Gasteiger partial charge in [-0.25, -0.2) is 13.2 Å². The molecule has 0 nitrogen and oxygen atoms in total. The van der Waals surface area contributed by atoms with Crippen LogP contribution in [0.25, 0.3) is 0 Å². The monoisotopic (exact) mass is 722 g/mol. The zero-order valence-corrected chi connectivity index (χ0v) is 32.4. The average Bonchev–Trinajstić information content (AvgIpc) is 3.14. The number of halogens is 3. The molecule has 0 amide bonds. The van der Waals surface area contributed by atoms with Gasteiger partial charge in [-0.2, -0.15) is 0 Å². The highest BCUT2D eigenvalue weighted by atomic mass is 19.1. The Hall–Kier alpha value is -6.65. The highest BCUT2D eigenvalue weighted by Crippen LogP contribution is 2.17. The lowest BCUT2D eigenvalue weighted by Gasteiger charge is -2.04. The predicted octanol–water partition coefficient (Wildman–Crippen LogP) is 11.9. The summed E-state index contributed by atoms with van der Waals surface area (Å²) >= 11 is 0. The molecule has 0 aliphatic carbocycles. The van der Waals surface area contributed by atoms with Crippen LogP contribution in [0.5, 0.6) is 0 Å². The summed E-state index contributed by atoms with van der Waals surface area (Å²) in [5.41, 5.74) is 14.1. The van der Waals surface area contributed by atoms with Crippen LogP contribution in [0.3, 0.4) is 0 Å². The number of hydrogen-bond donors (Lipinski definition) is 0. The molecule has 6 aromatic rings. The summed E-state index contributed by atoms with van der Waals surface area (Å²) in [6.07, 6.45) is 0. The third-order valence-electron chi connectivity index (χ3n) is 9.13. The van der Waals surface area contributed by atoms with Crippen molar-refractivity contribution in [1.29, 1.82) is 0 Å². The fourth-order valence-electron chi connectivity index (χ4n) is 5.53. The Morgan fingerprint density at radius 3 is 1.18 bits per heavy atom. The van der Waals surface area contributed by atoms with Crippen LogP contribution in [0.2, 0.25) is 0 Å². The van der Waals surface area contributed by atoms with E-state index < -0.39 is 11.6 Å². The molecule has 0 N–H and O–H groups in total. The normalized spacial score (nSPS) is 9.87. The molecule has 55 heavy (non-hydrogen) atoms. The van der Waals surface area contributed by atoms with Crippen molar-refractivity contribution in [2.24, 2.45) is 0 Å². The molecule has 3 heteroatoms. The number of hydrogen-bond acceptors (Lipinski definition) is 0. The van der Waals surface area contributed by atoms with E-state index in [1.807, 2.05) is 56.3 Å². The maximum atomic E-state index is 14.4. The molecule has 0 saturated heterocycles. The number of rotatable bonds is 0. The molecular formula is C52H41F3. The van der Waals surface area contributed by atoms with Gasteiger partial charge in [-0.1, -0.05) is 77.2 Å². The van der Waals surface area contributed by atoms with Crippen molar-refractivity contribution in [3.05, 3.63) is 210 Å². The lowest BCUT2D eigenvalue weighted by Crippen LogP contribution is -1.91. The van der Waals surface area contributed by atoms with Gasteiger partial charge in [0.1, 0.15) is 17.5 Å². The van der Waals surface area contributed by atoms with E-state index in [4.69, 9.17) is 0 Å². The Morgan fingerprint density at radius 1 is 0.291 bits per heavy atom. The van der Waals surface area contributed by atoms with E-state index in [0.29, 0.717) is 22.3 Å². The Morgan fingerprint density at radius 2 is 0.673 bits per heavy atom. The Kier molecular flexibility index (Phi) is 12.9. The molecule has 0 fully saturated rings. The minimum absolute atomic E-state index is 0.209.